The molecule has 1 atom stereocenters. The summed E-state index contributed by atoms with van der Waals surface area (Å²) in [4.78, 5) is 18.1. The first-order valence-electron chi connectivity index (χ1n) is 10.0. The van der Waals surface area contributed by atoms with Gasteiger partial charge in [0.1, 0.15) is 22.7 Å². The van der Waals surface area contributed by atoms with Crippen LogP contribution < -0.4 is 5.56 Å². The Morgan fingerprint density at radius 2 is 1.71 bits per heavy atom. The maximum atomic E-state index is 14.4. The van der Waals surface area contributed by atoms with Crippen molar-refractivity contribution in [2.24, 2.45) is 0 Å². The molecule has 0 spiro atoms. The maximum absolute atomic E-state index is 14.4. The van der Waals surface area contributed by atoms with Crippen LogP contribution in [0.4, 0.5) is 8.78 Å². The van der Waals surface area contributed by atoms with Crippen LogP contribution in [0.5, 0.6) is 0 Å². The van der Waals surface area contributed by atoms with Crippen LogP contribution >= 0.6 is 0 Å². The number of hydrogen-bond donors (Lipinski definition) is 0. The molecule has 4 nitrogen and oxygen atoms in total. The van der Waals surface area contributed by atoms with Crippen molar-refractivity contribution in [3.05, 3.63) is 112 Å². The molecular weight excluding hydrogens is 396 g/mol. The van der Waals surface area contributed by atoms with E-state index in [0.717, 1.165) is 5.56 Å². The number of aromatic nitrogens is 3. The Kier molecular flexibility index (Phi) is 4.62. The minimum atomic E-state index is -0.416. The molecule has 0 aliphatic heterocycles. The van der Waals surface area contributed by atoms with Crippen LogP contribution in [-0.2, 0) is 6.54 Å². The number of fused-ring (bicyclic) bond motifs is 3. The van der Waals surface area contributed by atoms with Crippen molar-refractivity contribution < 1.29 is 8.78 Å². The van der Waals surface area contributed by atoms with Crippen molar-refractivity contribution in [1.82, 2.24) is 14.1 Å². The average Bonchev–Trinajstić information content (AvgIpc) is 3.09. The molecule has 0 unspecified atom stereocenters. The highest BCUT2D eigenvalue weighted by Gasteiger charge is 2.20. The zero-order chi connectivity index (χ0) is 21.5. The van der Waals surface area contributed by atoms with Gasteiger partial charge >= 0.3 is 0 Å². The van der Waals surface area contributed by atoms with Crippen LogP contribution in [0.1, 0.15) is 24.1 Å². The van der Waals surface area contributed by atoms with Crippen LogP contribution in [-0.4, -0.2) is 14.1 Å². The lowest BCUT2D eigenvalue weighted by Gasteiger charge is -2.16. The van der Waals surface area contributed by atoms with Gasteiger partial charge in [-0.3, -0.25) is 9.36 Å². The standard InChI is InChI=1S/C25H19F2N3O/c1-16(17-7-3-2-4-8-17)30-15-28-23-20-13-19(26)11-12-22(20)29(24(23)25(30)31)14-18-9-5-6-10-21(18)27/h2-13,15-16H,14H2,1H3/t16-/m1/s1. The van der Waals surface area contributed by atoms with Crippen molar-refractivity contribution in [3.8, 4) is 0 Å². The molecular formula is C25H19F2N3O. The van der Waals surface area contributed by atoms with Gasteiger partial charge in [0.05, 0.1) is 24.4 Å². The van der Waals surface area contributed by atoms with E-state index in [4.69, 9.17) is 0 Å². The number of hydrogen-bond acceptors (Lipinski definition) is 2. The topological polar surface area (TPSA) is 39.8 Å². The van der Waals surface area contributed by atoms with Crippen molar-refractivity contribution >= 4 is 21.9 Å². The number of benzene rings is 3. The number of halogens is 2. The predicted octanol–water partition coefficient (Wildman–Crippen LogP) is 5.29. The molecule has 154 valence electrons. The molecule has 0 saturated heterocycles. The highest BCUT2D eigenvalue weighted by molar-refractivity contribution is 6.05. The molecule has 3 aromatic carbocycles. The maximum Gasteiger partial charge on any atom is 0.278 e. The SMILES string of the molecule is C[C@H](c1ccccc1)n1cnc2c3cc(F)ccc3n(Cc3ccccc3F)c2c1=O. The largest absolute Gasteiger partial charge is 0.330 e. The van der Waals surface area contributed by atoms with E-state index in [1.54, 1.807) is 33.4 Å². The predicted molar refractivity (Wildman–Crippen MR) is 117 cm³/mol. The molecule has 0 bridgehead atoms. The van der Waals surface area contributed by atoms with E-state index in [2.05, 4.69) is 4.98 Å². The Balaban J connectivity index is 1.79. The molecule has 0 N–H and O–H groups in total. The highest BCUT2D eigenvalue weighted by atomic mass is 19.1. The second-order valence-corrected chi connectivity index (χ2v) is 7.58. The summed E-state index contributed by atoms with van der Waals surface area (Å²) in [6, 6.07) is 20.2. The van der Waals surface area contributed by atoms with E-state index < -0.39 is 5.82 Å². The molecule has 5 rings (SSSR count). The van der Waals surface area contributed by atoms with Gasteiger partial charge in [-0.15, -0.1) is 0 Å². The Hall–Kier alpha value is -3.80. The van der Waals surface area contributed by atoms with Crippen molar-refractivity contribution in [3.63, 3.8) is 0 Å². The summed E-state index contributed by atoms with van der Waals surface area (Å²) >= 11 is 0. The molecule has 2 aromatic heterocycles. The zero-order valence-corrected chi connectivity index (χ0v) is 16.8. The first-order valence-corrected chi connectivity index (χ1v) is 10.0. The Labute approximate surface area is 177 Å². The Bertz CT molecular complexity index is 1470. The van der Waals surface area contributed by atoms with Gasteiger partial charge in [-0.05, 0) is 36.8 Å². The normalized spacial score (nSPS) is 12.5. The smallest absolute Gasteiger partial charge is 0.278 e. The van der Waals surface area contributed by atoms with Crippen LogP contribution in [0.15, 0.2) is 83.9 Å². The van der Waals surface area contributed by atoms with Gasteiger partial charge in [0.15, 0.2) is 0 Å². The van der Waals surface area contributed by atoms with Gasteiger partial charge < -0.3 is 4.57 Å². The zero-order valence-electron chi connectivity index (χ0n) is 16.8. The number of rotatable bonds is 4. The molecule has 5 aromatic rings. The Morgan fingerprint density at radius 1 is 0.968 bits per heavy atom. The van der Waals surface area contributed by atoms with Crippen LogP contribution in [0.2, 0.25) is 0 Å². The van der Waals surface area contributed by atoms with E-state index in [9.17, 15) is 13.6 Å². The lowest BCUT2D eigenvalue weighted by molar-refractivity contribution is 0.597. The molecule has 0 aliphatic carbocycles. The molecule has 6 heteroatoms. The monoisotopic (exact) mass is 415 g/mol. The van der Waals surface area contributed by atoms with Gasteiger partial charge in [-0.1, -0.05) is 48.5 Å². The van der Waals surface area contributed by atoms with Gasteiger partial charge in [0.2, 0.25) is 0 Å². The minimum absolute atomic E-state index is 0.138. The van der Waals surface area contributed by atoms with Crippen molar-refractivity contribution in [1.29, 1.82) is 0 Å². The van der Waals surface area contributed by atoms with E-state index in [-0.39, 0.29) is 24.0 Å². The first-order chi connectivity index (χ1) is 15.0. The molecule has 0 saturated carbocycles. The molecule has 2 heterocycles. The fraction of sp³-hybridized carbons (Fsp3) is 0.120. The molecule has 0 fully saturated rings. The summed E-state index contributed by atoms with van der Waals surface area (Å²) in [5.74, 6) is -0.775. The van der Waals surface area contributed by atoms with Gasteiger partial charge in [0, 0.05) is 10.9 Å². The summed E-state index contributed by atoms with van der Waals surface area (Å²) < 4.78 is 31.7. The lowest BCUT2D eigenvalue weighted by Crippen LogP contribution is -2.26. The summed E-state index contributed by atoms with van der Waals surface area (Å²) in [6.45, 7) is 2.06. The summed E-state index contributed by atoms with van der Waals surface area (Å²) in [5, 5.41) is 0.531. The first kappa shape index (κ1) is 19.2. The molecule has 0 aliphatic rings. The van der Waals surface area contributed by atoms with Gasteiger partial charge in [-0.25, -0.2) is 13.8 Å². The Morgan fingerprint density at radius 3 is 2.48 bits per heavy atom. The van der Waals surface area contributed by atoms with Gasteiger partial charge in [0.25, 0.3) is 5.56 Å². The fourth-order valence-corrected chi connectivity index (χ4v) is 4.08. The van der Waals surface area contributed by atoms with E-state index in [1.807, 2.05) is 37.3 Å². The number of nitrogens with zero attached hydrogens (tertiary/aromatic N) is 3. The lowest BCUT2D eigenvalue weighted by atomic mass is 10.1. The highest BCUT2D eigenvalue weighted by Crippen LogP contribution is 2.28. The molecule has 0 radical (unpaired) electrons. The third-order valence-corrected chi connectivity index (χ3v) is 5.73. The van der Waals surface area contributed by atoms with Crippen LogP contribution in [0.25, 0.3) is 21.9 Å². The quantitative estimate of drug-likeness (QED) is 0.400. The van der Waals surface area contributed by atoms with Crippen LogP contribution in [0.3, 0.4) is 0 Å². The van der Waals surface area contributed by atoms with E-state index >= 15 is 0 Å². The summed E-state index contributed by atoms with van der Waals surface area (Å²) in [7, 11) is 0. The fourth-order valence-electron chi connectivity index (χ4n) is 4.08. The summed E-state index contributed by atoms with van der Waals surface area (Å²) in [6.07, 6.45) is 1.50. The third kappa shape index (κ3) is 3.20. The van der Waals surface area contributed by atoms with E-state index in [0.29, 0.717) is 27.5 Å². The minimum Gasteiger partial charge on any atom is -0.330 e. The third-order valence-electron chi connectivity index (χ3n) is 5.73. The second kappa shape index (κ2) is 7.47. The summed E-state index contributed by atoms with van der Waals surface area (Å²) in [5.41, 5.74) is 2.52. The average molecular weight is 415 g/mol. The molecule has 0 amide bonds. The van der Waals surface area contributed by atoms with Crippen molar-refractivity contribution in [2.75, 3.05) is 0 Å². The van der Waals surface area contributed by atoms with E-state index in [1.165, 1.54) is 24.5 Å². The second-order valence-electron chi connectivity index (χ2n) is 7.58. The molecule has 31 heavy (non-hydrogen) atoms. The van der Waals surface area contributed by atoms with Gasteiger partial charge in [-0.2, -0.15) is 0 Å². The van der Waals surface area contributed by atoms with Crippen LogP contribution in [0, 0.1) is 11.6 Å². The van der Waals surface area contributed by atoms with Crippen molar-refractivity contribution in [2.45, 2.75) is 19.5 Å².